The van der Waals surface area contributed by atoms with Crippen molar-refractivity contribution >= 4 is 11.9 Å². The maximum Gasteiger partial charge on any atom is 0.307 e. The number of ether oxygens (including phenoxy) is 1. The van der Waals surface area contributed by atoms with Gasteiger partial charge in [0.2, 0.25) is 0 Å². The van der Waals surface area contributed by atoms with Gasteiger partial charge in [0.15, 0.2) is 0 Å². The van der Waals surface area contributed by atoms with Gasteiger partial charge >= 0.3 is 5.97 Å². The molecule has 1 aromatic carbocycles. The average Bonchev–Trinajstić information content (AvgIpc) is 2.28. The van der Waals surface area contributed by atoms with Crippen LogP contribution in [0.3, 0.4) is 0 Å². The second-order valence-corrected chi connectivity index (χ2v) is 4.02. The van der Waals surface area contributed by atoms with E-state index in [1.54, 1.807) is 19.9 Å². The lowest BCUT2D eigenvalue weighted by Crippen LogP contribution is -2.27. The molecule has 1 aromatic rings. The molecule has 0 bridgehead atoms. The van der Waals surface area contributed by atoms with Crippen molar-refractivity contribution in [3.63, 3.8) is 0 Å². The van der Waals surface area contributed by atoms with Crippen LogP contribution in [0, 0.1) is 5.82 Å². The van der Waals surface area contributed by atoms with Crippen molar-refractivity contribution in [2.45, 2.75) is 26.4 Å². The zero-order chi connectivity index (χ0) is 13.5. The van der Waals surface area contributed by atoms with E-state index < -0.39 is 11.7 Å². The number of carbonyl (C=O) groups is 2. The molecule has 0 radical (unpaired) electrons. The predicted molar refractivity (Wildman–Crippen MR) is 64.6 cm³/mol. The summed E-state index contributed by atoms with van der Waals surface area (Å²) in [5.74, 6) is -1.51. The highest BCUT2D eigenvalue weighted by Crippen LogP contribution is 2.05. The third-order valence-electron chi connectivity index (χ3n) is 2.10. The van der Waals surface area contributed by atoms with E-state index in [0.717, 1.165) is 0 Å². The molecule has 0 aliphatic heterocycles. The molecule has 0 fully saturated rings. The number of hydrogen-bond donors (Lipinski definition) is 1. The van der Waals surface area contributed by atoms with Gasteiger partial charge in [-0.05, 0) is 26.0 Å². The lowest BCUT2D eigenvalue weighted by atomic mass is 10.2. The molecule has 1 amide bonds. The van der Waals surface area contributed by atoms with Crippen molar-refractivity contribution in [2.24, 2.45) is 0 Å². The van der Waals surface area contributed by atoms with Crippen LogP contribution in [0.5, 0.6) is 0 Å². The molecule has 0 atom stereocenters. The normalized spacial score (nSPS) is 10.2. The summed E-state index contributed by atoms with van der Waals surface area (Å²) in [6.07, 6.45) is -0.113. The predicted octanol–water partition coefficient (Wildman–Crippen LogP) is 1.90. The van der Waals surface area contributed by atoms with Crippen molar-refractivity contribution < 1.29 is 18.7 Å². The van der Waals surface area contributed by atoms with E-state index in [0.29, 0.717) is 0 Å². The fourth-order valence-corrected chi connectivity index (χ4v) is 1.34. The molecule has 0 spiro atoms. The first-order valence-corrected chi connectivity index (χ1v) is 5.73. The van der Waals surface area contributed by atoms with Gasteiger partial charge in [-0.1, -0.05) is 12.1 Å². The van der Waals surface area contributed by atoms with Crippen LogP contribution in [0.15, 0.2) is 24.3 Å². The Balaban J connectivity index is 2.39. The number of amides is 1. The van der Waals surface area contributed by atoms with Gasteiger partial charge in [-0.2, -0.15) is 0 Å². The molecule has 0 aromatic heterocycles. The molecule has 0 aliphatic carbocycles. The fraction of sp³-hybridized carbons (Fsp3) is 0.385. The van der Waals surface area contributed by atoms with Gasteiger partial charge in [-0.15, -0.1) is 0 Å². The van der Waals surface area contributed by atoms with Crippen LogP contribution in [0.4, 0.5) is 4.39 Å². The average molecular weight is 253 g/mol. The van der Waals surface area contributed by atoms with Crippen LogP contribution in [-0.4, -0.2) is 24.5 Å². The molecule has 0 heterocycles. The summed E-state index contributed by atoms with van der Waals surface area (Å²) in [4.78, 5) is 22.8. The first-order chi connectivity index (χ1) is 8.50. The van der Waals surface area contributed by atoms with E-state index in [-0.39, 0.29) is 30.6 Å². The zero-order valence-electron chi connectivity index (χ0n) is 10.4. The van der Waals surface area contributed by atoms with Crippen molar-refractivity contribution in [1.29, 1.82) is 0 Å². The summed E-state index contributed by atoms with van der Waals surface area (Å²) < 4.78 is 18.1. The van der Waals surface area contributed by atoms with Gasteiger partial charge < -0.3 is 10.1 Å². The molecule has 0 unspecified atom stereocenters. The minimum absolute atomic E-state index is 0.0327. The SMILES string of the molecule is CC(C)OC(=O)CCNC(=O)c1ccccc1F. The summed E-state index contributed by atoms with van der Waals surface area (Å²) in [5, 5.41) is 2.46. The van der Waals surface area contributed by atoms with Crippen LogP contribution in [-0.2, 0) is 9.53 Å². The Hall–Kier alpha value is -1.91. The number of hydrogen-bond acceptors (Lipinski definition) is 3. The maximum absolute atomic E-state index is 13.2. The van der Waals surface area contributed by atoms with E-state index in [9.17, 15) is 14.0 Å². The summed E-state index contributed by atoms with van der Waals surface area (Å²) in [6.45, 7) is 3.62. The maximum atomic E-state index is 13.2. The van der Waals surface area contributed by atoms with Crippen molar-refractivity contribution in [1.82, 2.24) is 5.32 Å². The van der Waals surface area contributed by atoms with E-state index in [1.807, 2.05) is 0 Å². The molecular formula is C13H16FNO3. The van der Waals surface area contributed by atoms with E-state index >= 15 is 0 Å². The van der Waals surface area contributed by atoms with E-state index in [1.165, 1.54) is 18.2 Å². The number of carbonyl (C=O) groups excluding carboxylic acids is 2. The molecule has 5 heteroatoms. The summed E-state index contributed by atoms with van der Waals surface area (Å²) in [7, 11) is 0. The monoisotopic (exact) mass is 253 g/mol. The number of rotatable bonds is 5. The summed E-state index contributed by atoms with van der Waals surface area (Å²) in [6, 6.07) is 5.68. The second kappa shape index (κ2) is 6.74. The molecule has 4 nitrogen and oxygen atoms in total. The minimum atomic E-state index is -0.584. The Labute approximate surface area is 105 Å². The van der Waals surface area contributed by atoms with Crippen LogP contribution in [0.1, 0.15) is 30.6 Å². The van der Waals surface area contributed by atoms with Gasteiger partial charge in [0.05, 0.1) is 18.1 Å². The van der Waals surface area contributed by atoms with E-state index in [2.05, 4.69) is 5.32 Å². The number of esters is 1. The largest absolute Gasteiger partial charge is 0.463 e. The topological polar surface area (TPSA) is 55.4 Å². The summed E-state index contributed by atoms with van der Waals surface area (Å²) in [5.41, 5.74) is -0.0327. The van der Waals surface area contributed by atoms with Gasteiger partial charge in [0.25, 0.3) is 5.91 Å². The first kappa shape index (κ1) is 14.2. The number of benzene rings is 1. The van der Waals surface area contributed by atoms with Crippen molar-refractivity contribution in [3.8, 4) is 0 Å². The standard InChI is InChI=1S/C13H16FNO3/c1-9(2)18-12(16)7-8-15-13(17)10-5-3-4-6-11(10)14/h3-6,9H,7-8H2,1-2H3,(H,15,17). The Morgan fingerprint density at radius 1 is 1.33 bits per heavy atom. The molecule has 0 aliphatic rings. The Morgan fingerprint density at radius 2 is 2.00 bits per heavy atom. The lowest BCUT2D eigenvalue weighted by molar-refractivity contribution is -0.147. The molecule has 18 heavy (non-hydrogen) atoms. The van der Waals surface area contributed by atoms with Crippen LogP contribution < -0.4 is 5.32 Å². The number of halogens is 1. The van der Waals surface area contributed by atoms with Gasteiger partial charge in [-0.3, -0.25) is 9.59 Å². The van der Waals surface area contributed by atoms with Crippen LogP contribution in [0.2, 0.25) is 0 Å². The second-order valence-electron chi connectivity index (χ2n) is 4.02. The molecule has 0 saturated carbocycles. The Morgan fingerprint density at radius 3 is 2.61 bits per heavy atom. The highest BCUT2D eigenvalue weighted by atomic mass is 19.1. The quantitative estimate of drug-likeness (QED) is 0.815. The minimum Gasteiger partial charge on any atom is -0.463 e. The third-order valence-corrected chi connectivity index (χ3v) is 2.10. The molecule has 1 N–H and O–H groups in total. The summed E-state index contributed by atoms with van der Waals surface area (Å²) >= 11 is 0. The van der Waals surface area contributed by atoms with Crippen LogP contribution >= 0.6 is 0 Å². The molecule has 98 valence electrons. The molecular weight excluding hydrogens is 237 g/mol. The smallest absolute Gasteiger partial charge is 0.307 e. The highest BCUT2D eigenvalue weighted by Gasteiger charge is 2.11. The molecule has 1 rings (SSSR count). The Kier molecular flexibility index (Phi) is 5.30. The van der Waals surface area contributed by atoms with Crippen LogP contribution in [0.25, 0.3) is 0 Å². The first-order valence-electron chi connectivity index (χ1n) is 5.73. The van der Waals surface area contributed by atoms with Gasteiger partial charge in [-0.25, -0.2) is 4.39 Å². The third kappa shape index (κ3) is 4.53. The van der Waals surface area contributed by atoms with E-state index in [4.69, 9.17) is 4.74 Å². The van der Waals surface area contributed by atoms with Gasteiger partial charge in [0.1, 0.15) is 5.82 Å². The molecule has 0 saturated heterocycles. The highest BCUT2D eigenvalue weighted by molar-refractivity contribution is 5.94. The lowest BCUT2D eigenvalue weighted by Gasteiger charge is -2.08. The Bertz CT molecular complexity index is 432. The van der Waals surface area contributed by atoms with Crippen molar-refractivity contribution in [2.75, 3.05) is 6.54 Å². The number of nitrogens with one attached hydrogen (secondary N) is 1. The fourth-order valence-electron chi connectivity index (χ4n) is 1.34. The zero-order valence-corrected chi connectivity index (χ0v) is 10.4. The van der Waals surface area contributed by atoms with Gasteiger partial charge in [0, 0.05) is 6.54 Å². The van der Waals surface area contributed by atoms with Crippen molar-refractivity contribution in [3.05, 3.63) is 35.6 Å².